The number of benzene rings is 2. The van der Waals surface area contributed by atoms with Crippen molar-refractivity contribution in [3.63, 3.8) is 0 Å². The molecule has 2 aromatic rings. The van der Waals surface area contributed by atoms with Crippen molar-refractivity contribution < 1.29 is 23.7 Å². The second-order valence-electron chi connectivity index (χ2n) is 6.48. The van der Waals surface area contributed by atoms with Crippen LogP contribution in [0.5, 0.6) is 23.0 Å². The lowest BCUT2D eigenvalue weighted by Crippen LogP contribution is -2.14. The Morgan fingerprint density at radius 1 is 1.03 bits per heavy atom. The zero-order valence-corrected chi connectivity index (χ0v) is 18.2. The van der Waals surface area contributed by atoms with Crippen molar-refractivity contribution in [2.24, 2.45) is 5.73 Å². The topological polar surface area (TPSA) is 116 Å². The molecule has 31 heavy (non-hydrogen) atoms. The highest BCUT2D eigenvalue weighted by molar-refractivity contribution is 5.94. The molecule has 1 amide bonds. The number of anilines is 1. The van der Waals surface area contributed by atoms with E-state index in [9.17, 15) is 10.1 Å². The van der Waals surface area contributed by atoms with Gasteiger partial charge in [0.15, 0.2) is 11.5 Å². The van der Waals surface area contributed by atoms with Gasteiger partial charge in [0.1, 0.15) is 5.75 Å². The van der Waals surface area contributed by atoms with Crippen LogP contribution in [0, 0.1) is 11.3 Å². The van der Waals surface area contributed by atoms with Crippen LogP contribution in [0.1, 0.15) is 24.0 Å². The summed E-state index contributed by atoms with van der Waals surface area (Å²) >= 11 is 0. The molecule has 0 aliphatic carbocycles. The number of carbonyl (C=O) groups is 1. The lowest BCUT2D eigenvalue weighted by atomic mass is 10.0. The molecule has 0 saturated carbocycles. The highest BCUT2D eigenvalue weighted by atomic mass is 16.5. The number of nitrogens with one attached hydrogen (secondary N) is 1. The maximum Gasteiger partial charge on any atom is 0.224 e. The highest BCUT2D eigenvalue weighted by Gasteiger charge is 2.16. The number of nitriles is 1. The highest BCUT2D eigenvalue weighted by Crippen LogP contribution is 2.40. The molecule has 2 rings (SSSR count). The molecule has 0 unspecified atom stereocenters. The molecular formula is C23H27N3O5. The van der Waals surface area contributed by atoms with Gasteiger partial charge in [-0.25, -0.2) is 0 Å². The summed E-state index contributed by atoms with van der Waals surface area (Å²) in [6, 6.07) is 10.9. The van der Waals surface area contributed by atoms with Crippen molar-refractivity contribution in [1.29, 1.82) is 5.26 Å². The lowest BCUT2D eigenvalue weighted by molar-refractivity contribution is -0.116. The molecular weight excluding hydrogens is 398 g/mol. The number of nitrogens with zero attached hydrogens (tertiary/aromatic N) is 1. The van der Waals surface area contributed by atoms with E-state index in [1.165, 1.54) is 28.4 Å². The first kappa shape index (κ1) is 23.6. The number of amides is 1. The average Bonchev–Trinajstić information content (AvgIpc) is 2.80. The Labute approximate surface area is 182 Å². The minimum atomic E-state index is -0.157. The maximum absolute atomic E-state index is 12.1. The molecule has 8 nitrogen and oxygen atoms in total. The Bertz CT molecular complexity index is 970. The van der Waals surface area contributed by atoms with Gasteiger partial charge in [-0.05, 0) is 54.4 Å². The van der Waals surface area contributed by atoms with Gasteiger partial charge in [0.25, 0.3) is 0 Å². The van der Waals surface area contributed by atoms with Crippen LogP contribution in [0.15, 0.2) is 30.3 Å². The summed E-state index contributed by atoms with van der Waals surface area (Å²) in [4.78, 5) is 12.1. The minimum absolute atomic E-state index is 0.157. The molecule has 0 radical (unpaired) electrons. The van der Waals surface area contributed by atoms with Gasteiger partial charge in [0.05, 0.1) is 45.8 Å². The van der Waals surface area contributed by atoms with Gasteiger partial charge in [-0.1, -0.05) is 6.07 Å². The third-order valence-corrected chi connectivity index (χ3v) is 4.51. The van der Waals surface area contributed by atoms with E-state index in [2.05, 4.69) is 11.4 Å². The second kappa shape index (κ2) is 11.5. The summed E-state index contributed by atoms with van der Waals surface area (Å²) in [6.45, 7) is 0.438. The van der Waals surface area contributed by atoms with Crippen LogP contribution in [-0.2, 0) is 4.79 Å². The molecule has 0 spiro atoms. The van der Waals surface area contributed by atoms with Gasteiger partial charge in [0, 0.05) is 6.42 Å². The average molecular weight is 425 g/mol. The van der Waals surface area contributed by atoms with Crippen LogP contribution in [0.25, 0.3) is 11.6 Å². The first-order valence-corrected chi connectivity index (χ1v) is 9.61. The van der Waals surface area contributed by atoms with Crippen molar-refractivity contribution in [2.75, 3.05) is 40.3 Å². The fourth-order valence-corrected chi connectivity index (χ4v) is 2.97. The largest absolute Gasteiger partial charge is 0.495 e. The van der Waals surface area contributed by atoms with Crippen molar-refractivity contribution in [1.82, 2.24) is 0 Å². The zero-order chi connectivity index (χ0) is 22.8. The van der Waals surface area contributed by atoms with Crippen LogP contribution in [0.4, 0.5) is 5.69 Å². The van der Waals surface area contributed by atoms with Gasteiger partial charge in [-0.3, -0.25) is 4.79 Å². The summed E-state index contributed by atoms with van der Waals surface area (Å²) in [6.07, 6.45) is 2.61. The number of rotatable bonds is 10. The smallest absolute Gasteiger partial charge is 0.224 e. The molecule has 3 N–H and O–H groups in total. The third-order valence-electron chi connectivity index (χ3n) is 4.51. The van der Waals surface area contributed by atoms with Gasteiger partial charge in [-0.2, -0.15) is 5.26 Å². The summed E-state index contributed by atoms with van der Waals surface area (Å²) in [5.74, 6) is 1.69. The molecule has 0 aromatic heterocycles. The Morgan fingerprint density at radius 3 is 2.19 bits per heavy atom. The van der Waals surface area contributed by atoms with E-state index in [1.807, 2.05) is 0 Å². The minimum Gasteiger partial charge on any atom is -0.495 e. The summed E-state index contributed by atoms with van der Waals surface area (Å²) < 4.78 is 21.4. The fourth-order valence-electron chi connectivity index (χ4n) is 2.97. The molecule has 164 valence electrons. The SMILES string of the molecule is COc1ccc(C=C(C#N)c2cc(OC)c(OC)c(OC)c2)cc1NC(=O)CCCN. The van der Waals surface area contributed by atoms with Crippen molar-refractivity contribution in [2.45, 2.75) is 12.8 Å². The Kier molecular flexibility index (Phi) is 8.73. The van der Waals surface area contributed by atoms with Crippen molar-refractivity contribution >= 4 is 23.2 Å². The molecule has 8 heteroatoms. The van der Waals surface area contributed by atoms with Crippen LogP contribution in [0.3, 0.4) is 0 Å². The van der Waals surface area contributed by atoms with Gasteiger partial charge >= 0.3 is 0 Å². The number of allylic oxidation sites excluding steroid dienone is 1. The second-order valence-corrected chi connectivity index (χ2v) is 6.48. The van der Waals surface area contributed by atoms with Crippen LogP contribution < -0.4 is 30.0 Å². The van der Waals surface area contributed by atoms with E-state index in [0.29, 0.717) is 64.8 Å². The number of ether oxygens (including phenoxy) is 4. The summed E-state index contributed by atoms with van der Waals surface area (Å²) in [5, 5.41) is 12.6. The Hall–Kier alpha value is -3.70. The standard InChI is InChI=1S/C23H27N3O5/c1-28-19-8-7-15(11-18(19)26-22(27)6-5-9-24)10-17(14-25)16-12-20(29-2)23(31-4)21(13-16)30-3/h7-8,10-13H,5-6,9,24H2,1-4H3,(H,26,27). The van der Waals surface area contributed by atoms with Gasteiger partial charge in [0.2, 0.25) is 11.7 Å². The number of hydrogen-bond donors (Lipinski definition) is 2. The Morgan fingerprint density at radius 2 is 1.68 bits per heavy atom. The number of methoxy groups -OCH3 is 4. The van der Waals surface area contributed by atoms with E-state index in [0.717, 1.165) is 0 Å². The van der Waals surface area contributed by atoms with E-state index in [4.69, 9.17) is 24.7 Å². The van der Waals surface area contributed by atoms with E-state index >= 15 is 0 Å². The molecule has 0 saturated heterocycles. The van der Waals surface area contributed by atoms with E-state index in [-0.39, 0.29) is 5.91 Å². The number of nitrogens with two attached hydrogens (primary N) is 1. The summed E-state index contributed by atoms with van der Waals surface area (Å²) in [7, 11) is 6.07. The Balaban J connectivity index is 2.46. The third kappa shape index (κ3) is 5.90. The normalized spacial score (nSPS) is 10.8. The van der Waals surface area contributed by atoms with Crippen LogP contribution in [-0.4, -0.2) is 40.9 Å². The molecule has 0 aliphatic rings. The number of carbonyl (C=O) groups excluding carboxylic acids is 1. The summed E-state index contributed by atoms with van der Waals surface area (Å²) in [5.41, 5.74) is 7.67. The quantitative estimate of drug-likeness (QED) is 0.442. The molecule has 0 fully saturated rings. The van der Waals surface area contributed by atoms with Crippen molar-refractivity contribution in [3.05, 3.63) is 41.5 Å². The van der Waals surface area contributed by atoms with E-state index < -0.39 is 0 Å². The van der Waals surface area contributed by atoms with Crippen molar-refractivity contribution in [3.8, 4) is 29.1 Å². The molecule has 0 atom stereocenters. The fraction of sp³-hybridized carbons (Fsp3) is 0.304. The first-order valence-electron chi connectivity index (χ1n) is 9.61. The lowest BCUT2D eigenvalue weighted by Gasteiger charge is -2.14. The predicted octanol–water partition coefficient (Wildman–Crippen LogP) is 3.46. The molecule has 0 heterocycles. The van der Waals surface area contributed by atoms with Gasteiger partial charge < -0.3 is 30.0 Å². The molecule has 0 bridgehead atoms. The van der Waals surface area contributed by atoms with Gasteiger partial charge in [-0.15, -0.1) is 0 Å². The molecule has 0 aliphatic heterocycles. The number of hydrogen-bond acceptors (Lipinski definition) is 7. The zero-order valence-electron chi connectivity index (χ0n) is 18.2. The van der Waals surface area contributed by atoms with E-state index in [1.54, 1.807) is 36.4 Å². The maximum atomic E-state index is 12.1. The molecule has 2 aromatic carbocycles. The first-order chi connectivity index (χ1) is 15.0. The monoisotopic (exact) mass is 425 g/mol. The van der Waals surface area contributed by atoms with Crippen LogP contribution in [0.2, 0.25) is 0 Å². The predicted molar refractivity (Wildman–Crippen MR) is 119 cm³/mol. The van der Waals surface area contributed by atoms with Crippen LogP contribution >= 0.6 is 0 Å².